The predicted molar refractivity (Wildman–Crippen MR) is 127 cm³/mol. The summed E-state index contributed by atoms with van der Waals surface area (Å²) in [6.07, 6.45) is 3.80. The first-order valence-corrected chi connectivity index (χ1v) is 11.0. The van der Waals surface area contributed by atoms with E-state index in [1.165, 1.54) is 6.08 Å². The maximum atomic E-state index is 12.3. The second kappa shape index (κ2) is 12.5. The van der Waals surface area contributed by atoms with Gasteiger partial charge in [0.1, 0.15) is 0 Å². The molecular weight excluding hydrogens is 406 g/mol. The van der Waals surface area contributed by atoms with Gasteiger partial charge in [-0.3, -0.25) is 4.79 Å². The molecule has 0 unspecified atom stereocenters. The molecule has 1 amide bonds. The molecule has 172 valence electrons. The number of rotatable bonds is 11. The number of hydrogen-bond acceptors (Lipinski definition) is 5. The van der Waals surface area contributed by atoms with Gasteiger partial charge in [-0.25, -0.2) is 4.79 Å². The summed E-state index contributed by atoms with van der Waals surface area (Å²) in [5.41, 5.74) is 3.54. The lowest BCUT2D eigenvalue weighted by Crippen LogP contribution is -2.21. The number of hydrogen-bond donors (Lipinski definition) is 1. The van der Waals surface area contributed by atoms with E-state index in [9.17, 15) is 9.59 Å². The molecule has 0 heterocycles. The molecule has 0 aliphatic heterocycles. The number of anilines is 1. The van der Waals surface area contributed by atoms with Crippen LogP contribution in [0.4, 0.5) is 5.69 Å². The van der Waals surface area contributed by atoms with E-state index < -0.39 is 5.97 Å². The first-order chi connectivity index (χ1) is 15.3. The number of nitrogens with one attached hydrogen (secondary N) is 1. The molecule has 0 aliphatic rings. The molecule has 6 nitrogen and oxygen atoms in total. The molecule has 2 rings (SSSR count). The zero-order chi connectivity index (χ0) is 23.5. The zero-order valence-electron chi connectivity index (χ0n) is 19.6. The van der Waals surface area contributed by atoms with Crippen molar-refractivity contribution in [3.63, 3.8) is 0 Å². The highest BCUT2D eigenvalue weighted by molar-refractivity contribution is 5.95. The van der Waals surface area contributed by atoms with E-state index >= 15 is 0 Å². The van der Waals surface area contributed by atoms with Crippen LogP contribution in [-0.2, 0) is 14.3 Å². The van der Waals surface area contributed by atoms with Crippen molar-refractivity contribution in [2.24, 2.45) is 0 Å². The number of para-hydroxylation sites is 1. The maximum absolute atomic E-state index is 12.3. The topological polar surface area (TPSA) is 73.9 Å². The monoisotopic (exact) mass is 439 g/mol. The number of esters is 1. The molecule has 0 saturated carbocycles. The van der Waals surface area contributed by atoms with E-state index in [0.717, 1.165) is 28.8 Å². The Labute approximate surface area is 190 Å². The lowest BCUT2D eigenvalue weighted by atomic mass is 9.98. The standard InChI is InChI=1S/C26H33NO5/c1-6-15-31-22-13-11-20(16-23(22)30-7-2)12-14-25(29)32-17-24(28)27-26-19(5)9-8-10-21(26)18(3)4/h8-14,16,18H,6-7,15,17H2,1-5H3,(H,27,28)/b14-12+. The second-order valence-corrected chi connectivity index (χ2v) is 7.67. The Kier molecular flexibility index (Phi) is 9.79. The highest BCUT2D eigenvalue weighted by atomic mass is 16.5. The van der Waals surface area contributed by atoms with Gasteiger partial charge in [0, 0.05) is 11.8 Å². The molecule has 0 aromatic heterocycles. The molecule has 32 heavy (non-hydrogen) atoms. The molecular formula is C26H33NO5. The largest absolute Gasteiger partial charge is 0.490 e. The molecule has 0 saturated heterocycles. The number of carbonyl (C=O) groups excluding carboxylic acids is 2. The fourth-order valence-corrected chi connectivity index (χ4v) is 3.09. The van der Waals surface area contributed by atoms with Gasteiger partial charge in [0.2, 0.25) is 0 Å². The molecule has 6 heteroatoms. The van der Waals surface area contributed by atoms with E-state index in [1.807, 2.05) is 51.1 Å². The predicted octanol–water partition coefficient (Wildman–Crippen LogP) is 5.50. The lowest BCUT2D eigenvalue weighted by Gasteiger charge is -2.16. The van der Waals surface area contributed by atoms with Gasteiger partial charge in [0.05, 0.1) is 13.2 Å². The van der Waals surface area contributed by atoms with Crippen molar-refractivity contribution in [2.75, 3.05) is 25.1 Å². The van der Waals surface area contributed by atoms with Gasteiger partial charge >= 0.3 is 5.97 Å². The summed E-state index contributed by atoms with van der Waals surface area (Å²) in [6.45, 7) is 10.7. The van der Waals surface area contributed by atoms with Crippen LogP contribution in [0.1, 0.15) is 56.7 Å². The van der Waals surface area contributed by atoms with Crippen molar-refractivity contribution in [3.8, 4) is 11.5 Å². The van der Waals surface area contributed by atoms with Crippen molar-refractivity contribution < 1.29 is 23.8 Å². The zero-order valence-corrected chi connectivity index (χ0v) is 19.6. The fraction of sp³-hybridized carbons (Fsp3) is 0.385. The fourth-order valence-electron chi connectivity index (χ4n) is 3.09. The Balaban J connectivity index is 1.95. The minimum atomic E-state index is -0.599. The summed E-state index contributed by atoms with van der Waals surface area (Å²) in [5, 5.41) is 2.86. The number of aryl methyl sites for hydroxylation is 1. The lowest BCUT2D eigenvalue weighted by molar-refractivity contribution is -0.142. The van der Waals surface area contributed by atoms with Gasteiger partial charge in [-0.1, -0.05) is 45.0 Å². The van der Waals surface area contributed by atoms with E-state index in [4.69, 9.17) is 14.2 Å². The third kappa shape index (κ3) is 7.45. The smallest absolute Gasteiger partial charge is 0.331 e. The summed E-state index contributed by atoms with van der Waals surface area (Å²) in [4.78, 5) is 24.4. The number of benzene rings is 2. The minimum absolute atomic E-state index is 0.260. The van der Waals surface area contributed by atoms with Crippen molar-refractivity contribution in [3.05, 3.63) is 59.2 Å². The summed E-state index contributed by atoms with van der Waals surface area (Å²) in [6, 6.07) is 11.3. The van der Waals surface area contributed by atoms with Crippen LogP contribution in [0.2, 0.25) is 0 Å². The third-order valence-electron chi connectivity index (χ3n) is 4.68. The molecule has 2 aromatic rings. The first kappa shape index (κ1) is 25.0. The van der Waals surface area contributed by atoms with E-state index in [-0.39, 0.29) is 18.4 Å². The Morgan fingerprint density at radius 2 is 1.84 bits per heavy atom. The van der Waals surface area contributed by atoms with Crippen molar-refractivity contribution >= 4 is 23.6 Å². The Bertz CT molecular complexity index is 949. The average molecular weight is 440 g/mol. The number of carbonyl (C=O) groups is 2. The molecule has 0 atom stereocenters. The van der Waals surface area contributed by atoms with Crippen LogP contribution >= 0.6 is 0 Å². The minimum Gasteiger partial charge on any atom is -0.490 e. The van der Waals surface area contributed by atoms with E-state index in [1.54, 1.807) is 12.1 Å². The Morgan fingerprint density at radius 3 is 2.53 bits per heavy atom. The van der Waals surface area contributed by atoms with Gasteiger partial charge in [0.15, 0.2) is 18.1 Å². The van der Waals surface area contributed by atoms with Gasteiger partial charge in [0.25, 0.3) is 5.91 Å². The van der Waals surface area contributed by atoms with Crippen LogP contribution in [0.3, 0.4) is 0 Å². The summed E-state index contributed by atoms with van der Waals surface area (Å²) >= 11 is 0. The third-order valence-corrected chi connectivity index (χ3v) is 4.68. The Morgan fingerprint density at radius 1 is 1.06 bits per heavy atom. The summed E-state index contributed by atoms with van der Waals surface area (Å²) in [5.74, 6) is 0.574. The molecule has 2 aromatic carbocycles. The second-order valence-electron chi connectivity index (χ2n) is 7.67. The number of ether oxygens (including phenoxy) is 3. The first-order valence-electron chi connectivity index (χ1n) is 11.0. The maximum Gasteiger partial charge on any atom is 0.331 e. The van der Waals surface area contributed by atoms with E-state index in [2.05, 4.69) is 19.2 Å². The van der Waals surface area contributed by atoms with Gasteiger partial charge in [-0.2, -0.15) is 0 Å². The molecule has 0 bridgehead atoms. The van der Waals surface area contributed by atoms with Crippen LogP contribution in [0, 0.1) is 6.92 Å². The van der Waals surface area contributed by atoms with Crippen molar-refractivity contribution in [1.82, 2.24) is 0 Å². The highest BCUT2D eigenvalue weighted by Gasteiger charge is 2.13. The normalized spacial score (nSPS) is 10.9. The van der Waals surface area contributed by atoms with Crippen LogP contribution < -0.4 is 14.8 Å². The van der Waals surface area contributed by atoms with Crippen LogP contribution in [0.25, 0.3) is 6.08 Å². The van der Waals surface area contributed by atoms with E-state index in [0.29, 0.717) is 24.7 Å². The summed E-state index contributed by atoms with van der Waals surface area (Å²) < 4.78 is 16.4. The van der Waals surface area contributed by atoms with Crippen molar-refractivity contribution in [1.29, 1.82) is 0 Å². The quantitative estimate of drug-likeness (QED) is 0.370. The molecule has 0 spiro atoms. The van der Waals surface area contributed by atoms with Gasteiger partial charge < -0.3 is 19.5 Å². The Hall–Kier alpha value is -3.28. The average Bonchev–Trinajstić information content (AvgIpc) is 2.77. The molecule has 0 aliphatic carbocycles. The SMILES string of the molecule is CCCOc1ccc(/C=C/C(=O)OCC(=O)Nc2c(C)cccc2C(C)C)cc1OCC. The highest BCUT2D eigenvalue weighted by Crippen LogP contribution is 2.29. The molecule has 0 fully saturated rings. The molecule has 1 N–H and O–H groups in total. The molecule has 0 radical (unpaired) electrons. The van der Waals surface area contributed by atoms with Crippen LogP contribution in [-0.4, -0.2) is 31.7 Å². The number of amides is 1. The van der Waals surface area contributed by atoms with Crippen LogP contribution in [0.15, 0.2) is 42.5 Å². The van der Waals surface area contributed by atoms with Crippen LogP contribution in [0.5, 0.6) is 11.5 Å². The van der Waals surface area contributed by atoms with Crippen molar-refractivity contribution in [2.45, 2.75) is 47.0 Å². The summed E-state index contributed by atoms with van der Waals surface area (Å²) in [7, 11) is 0. The van der Waals surface area contributed by atoms with Gasteiger partial charge in [-0.05, 0) is 61.1 Å². The van der Waals surface area contributed by atoms with Gasteiger partial charge in [-0.15, -0.1) is 0 Å².